The molecule has 23 heavy (non-hydrogen) atoms. The van der Waals surface area contributed by atoms with Crippen molar-refractivity contribution in [3.8, 4) is 0 Å². The van der Waals surface area contributed by atoms with Gasteiger partial charge in [0.2, 0.25) is 5.91 Å². The maximum Gasteiger partial charge on any atom is 0.267 e. The molecule has 3 nitrogen and oxygen atoms in total. The minimum absolute atomic E-state index is 0.143. The Morgan fingerprint density at radius 3 is 2.13 bits per heavy atom. The molecular weight excluding hydrogens is 306 g/mol. The summed E-state index contributed by atoms with van der Waals surface area (Å²) in [4.78, 5) is 14.7. The van der Waals surface area contributed by atoms with Crippen molar-refractivity contribution in [2.45, 2.75) is 109 Å². The molecule has 0 radical (unpaired) electrons. The molecule has 1 spiro atoms. The number of amides is 1. The Kier molecular flexibility index (Phi) is 6.47. The van der Waals surface area contributed by atoms with Gasteiger partial charge in [-0.15, -0.1) is 0 Å². The molecule has 1 aliphatic heterocycles. The van der Waals surface area contributed by atoms with Crippen molar-refractivity contribution >= 4 is 23.3 Å². The van der Waals surface area contributed by atoms with E-state index in [0.717, 1.165) is 51.4 Å². The van der Waals surface area contributed by atoms with Crippen molar-refractivity contribution in [3.05, 3.63) is 0 Å². The average Bonchev–Trinajstić information content (AvgIpc) is 2.79. The Hall–Kier alpha value is -0.640. The SMILES string of the molecule is CCCCC1(CCCC)N(C(=O)CC)C(=S)OC12CCCCC2. The quantitative estimate of drug-likeness (QED) is 0.585. The molecule has 0 unspecified atom stereocenters. The number of thiocarbonyl (C=S) groups is 1. The maximum atomic E-state index is 12.8. The van der Waals surface area contributed by atoms with E-state index in [9.17, 15) is 4.79 Å². The van der Waals surface area contributed by atoms with Crippen LogP contribution in [0.5, 0.6) is 0 Å². The Bertz CT molecular complexity index is 421. The van der Waals surface area contributed by atoms with Crippen LogP contribution in [0.3, 0.4) is 0 Å². The van der Waals surface area contributed by atoms with E-state index in [1.54, 1.807) is 0 Å². The third kappa shape index (κ3) is 3.29. The number of ether oxygens (including phenoxy) is 1. The summed E-state index contributed by atoms with van der Waals surface area (Å²) < 4.78 is 6.37. The molecule has 2 aliphatic rings. The highest BCUT2D eigenvalue weighted by atomic mass is 32.1. The number of hydrogen-bond acceptors (Lipinski definition) is 3. The van der Waals surface area contributed by atoms with Gasteiger partial charge in [-0.1, -0.05) is 52.9 Å². The van der Waals surface area contributed by atoms with Crippen LogP contribution in [0, 0.1) is 0 Å². The van der Waals surface area contributed by atoms with E-state index in [4.69, 9.17) is 17.0 Å². The van der Waals surface area contributed by atoms with Crippen LogP contribution < -0.4 is 0 Å². The van der Waals surface area contributed by atoms with Gasteiger partial charge in [-0.05, 0) is 50.7 Å². The van der Waals surface area contributed by atoms with Gasteiger partial charge < -0.3 is 4.74 Å². The van der Waals surface area contributed by atoms with Crippen LogP contribution in [0.1, 0.15) is 97.8 Å². The van der Waals surface area contributed by atoms with E-state index in [1.165, 1.54) is 19.3 Å². The molecule has 2 fully saturated rings. The van der Waals surface area contributed by atoms with Crippen LogP contribution in [0.15, 0.2) is 0 Å². The first-order chi connectivity index (χ1) is 11.1. The summed E-state index contributed by atoms with van der Waals surface area (Å²) in [7, 11) is 0. The lowest BCUT2D eigenvalue weighted by atomic mass is 9.66. The molecule has 1 saturated carbocycles. The van der Waals surface area contributed by atoms with Gasteiger partial charge in [0.05, 0.1) is 5.54 Å². The van der Waals surface area contributed by atoms with Gasteiger partial charge in [-0.2, -0.15) is 0 Å². The lowest BCUT2D eigenvalue weighted by Crippen LogP contribution is -2.60. The summed E-state index contributed by atoms with van der Waals surface area (Å²) in [6.07, 6.45) is 12.9. The second-order valence-electron chi connectivity index (χ2n) is 7.24. The molecular formula is C19H33NO2S. The van der Waals surface area contributed by atoms with Crippen molar-refractivity contribution in [2.75, 3.05) is 0 Å². The summed E-state index contributed by atoms with van der Waals surface area (Å²) >= 11 is 5.57. The molecule has 0 aromatic heterocycles. The average molecular weight is 340 g/mol. The first-order valence-electron chi connectivity index (χ1n) is 9.63. The zero-order valence-corrected chi connectivity index (χ0v) is 16.0. The first-order valence-corrected chi connectivity index (χ1v) is 10.0. The van der Waals surface area contributed by atoms with Gasteiger partial charge in [-0.25, -0.2) is 0 Å². The third-order valence-corrected chi connectivity index (χ3v) is 6.11. The highest BCUT2D eigenvalue weighted by Crippen LogP contribution is 2.53. The van der Waals surface area contributed by atoms with E-state index in [1.807, 2.05) is 11.8 Å². The molecule has 2 rings (SSSR count). The lowest BCUT2D eigenvalue weighted by molar-refractivity contribution is -0.135. The van der Waals surface area contributed by atoms with Crippen LogP contribution in [-0.4, -0.2) is 27.1 Å². The predicted octanol–water partition coefficient (Wildman–Crippen LogP) is 5.36. The molecule has 1 aliphatic carbocycles. The zero-order chi connectivity index (χ0) is 16.9. The number of nitrogens with zero attached hydrogens (tertiary/aromatic N) is 1. The topological polar surface area (TPSA) is 29.5 Å². The smallest absolute Gasteiger partial charge is 0.267 e. The number of rotatable bonds is 7. The van der Waals surface area contributed by atoms with Gasteiger partial charge in [0.25, 0.3) is 5.17 Å². The van der Waals surface area contributed by atoms with Crippen molar-refractivity contribution < 1.29 is 9.53 Å². The van der Waals surface area contributed by atoms with E-state index in [-0.39, 0.29) is 17.0 Å². The molecule has 0 atom stereocenters. The summed E-state index contributed by atoms with van der Waals surface area (Å²) in [5.74, 6) is 0.143. The van der Waals surface area contributed by atoms with Gasteiger partial charge in [0.1, 0.15) is 5.60 Å². The van der Waals surface area contributed by atoms with Crippen LogP contribution in [0.4, 0.5) is 0 Å². The lowest BCUT2D eigenvalue weighted by Gasteiger charge is -2.48. The van der Waals surface area contributed by atoms with Crippen LogP contribution in [0.25, 0.3) is 0 Å². The molecule has 0 aromatic rings. The standard InChI is InChI=1S/C19H33NO2S/c1-4-7-12-18(13-8-5-2)19(14-10-9-11-15-19)22-17(23)20(18)16(21)6-3/h4-15H2,1-3H3. The van der Waals surface area contributed by atoms with Crippen LogP contribution >= 0.6 is 12.2 Å². The van der Waals surface area contributed by atoms with Crippen molar-refractivity contribution in [2.24, 2.45) is 0 Å². The zero-order valence-electron chi connectivity index (χ0n) is 15.2. The molecule has 1 amide bonds. The molecule has 1 heterocycles. The highest BCUT2D eigenvalue weighted by molar-refractivity contribution is 7.80. The molecule has 0 aromatic carbocycles. The van der Waals surface area contributed by atoms with Crippen molar-refractivity contribution in [3.63, 3.8) is 0 Å². The largest absolute Gasteiger partial charge is 0.461 e. The van der Waals surface area contributed by atoms with E-state index in [2.05, 4.69) is 13.8 Å². The fraction of sp³-hybridized carbons (Fsp3) is 0.895. The number of unbranched alkanes of at least 4 members (excludes halogenated alkanes) is 2. The molecule has 132 valence electrons. The Labute approximate surface area is 147 Å². The Morgan fingerprint density at radius 1 is 1.09 bits per heavy atom. The van der Waals surface area contributed by atoms with E-state index < -0.39 is 0 Å². The minimum atomic E-state index is -0.225. The second kappa shape index (κ2) is 7.96. The number of carbonyl (C=O) groups is 1. The number of hydrogen-bond donors (Lipinski definition) is 0. The highest BCUT2D eigenvalue weighted by Gasteiger charge is 2.63. The van der Waals surface area contributed by atoms with Crippen molar-refractivity contribution in [1.82, 2.24) is 4.90 Å². The summed E-state index contributed by atoms with van der Waals surface area (Å²) in [5, 5.41) is 0.450. The third-order valence-electron chi connectivity index (χ3n) is 5.84. The van der Waals surface area contributed by atoms with Gasteiger partial charge in [0, 0.05) is 6.42 Å². The number of carbonyl (C=O) groups excluding carboxylic acids is 1. The fourth-order valence-corrected chi connectivity index (χ4v) is 5.05. The summed E-state index contributed by atoms with van der Waals surface area (Å²) in [5.41, 5.74) is -0.429. The molecule has 0 N–H and O–H groups in total. The minimum Gasteiger partial charge on any atom is -0.461 e. The van der Waals surface area contributed by atoms with Gasteiger partial charge in [-0.3, -0.25) is 9.69 Å². The van der Waals surface area contributed by atoms with Crippen molar-refractivity contribution in [1.29, 1.82) is 0 Å². The van der Waals surface area contributed by atoms with E-state index >= 15 is 0 Å². The predicted molar refractivity (Wildman–Crippen MR) is 98.4 cm³/mol. The molecule has 4 heteroatoms. The normalized spacial score (nSPS) is 22.4. The fourth-order valence-electron chi connectivity index (χ4n) is 4.62. The maximum absolute atomic E-state index is 12.8. The monoisotopic (exact) mass is 339 g/mol. The van der Waals surface area contributed by atoms with E-state index in [0.29, 0.717) is 11.6 Å². The Morgan fingerprint density at radius 2 is 1.65 bits per heavy atom. The summed E-state index contributed by atoms with van der Waals surface area (Å²) in [6.45, 7) is 6.38. The second-order valence-corrected chi connectivity index (χ2v) is 7.59. The Balaban J connectivity index is 2.46. The summed E-state index contributed by atoms with van der Waals surface area (Å²) in [6, 6.07) is 0. The van der Waals surface area contributed by atoms with Crippen LogP contribution in [0.2, 0.25) is 0 Å². The van der Waals surface area contributed by atoms with Crippen LogP contribution in [-0.2, 0) is 9.53 Å². The van der Waals surface area contributed by atoms with Gasteiger partial charge in [0.15, 0.2) is 0 Å². The first kappa shape index (κ1) is 18.7. The molecule has 1 saturated heterocycles. The molecule has 0 bridgehead atoms. The van der Waals surface area contributed by atoms with Gasteiger partial charge >= 0.3 is 0 Å².